The summed E-state index contributed by atoms with van der Waals surface area (Å²) in [5, 5.41) is 50.7. The molecule has 1 heterocycles. The average Bonchev–Trinajstić information content (AvgIpc) is 1.67. The second-order valence-electron chi connectivity index (χ2n) is 25.0. The molecular formula is C68H103N23O15. The first-order valence-electron chi connectivity index (χ1n) is 34.6. The van der Waals surface area contributed by atoms with E-state index in [4.69, 9.17) is 45.9 Å². The monoisotopic (exact) mass is 1480 g/mol. The summed E-state index contributed by atoms with van der Waals surface area (Å²) in [6.07, 6.45) is 3.26. The summed E-state index contributed by atoms with van der Waals surface area (Å²) >= 11 is 0. The number of nitrogens with zero attached hydrogens (tertiary/aromatic N) is 2. The number of carbonyl (C=O) groups excluding carboxylic acids is 13. The van der Waals surface area contributed by atoms with Crippen LogP contribution >= 0.6 is 0 Å². The number of aromatic amines is 1. The summed E-state index contributed by atoms with van der Waals surface area (Å²) in [6.45, 7) is 0.138. The standard InChI is InChI=1S/C68H103N23O15/c1-38(58(98)87-50(21-13-29-78-68(75)76)63(103)89-48(19-9-11-27-70)64(104)91-53(37-92)66(106)84-39(2)59(99)88-49(20-12-28-77-67(73)74)62(102)86-47(57(72)97)18-8-10-26-69)83-55(95)36-82-61(101)52(32-42-33-79-46-17-7-6-16-44(42)46)90-65(105)51(31-40-14-4-3-5-15-40)85-56(96)35-80-54(94)34-81-60(100)45(71)30-41-22-24-43(93)25-23-41/h3-7,14-17,22-25,33,38-39,45,47-53,79,92-93H,8-13,18-21,26-32,34-37,69-71H2,1-2H3,(H2,72,97)(H,80,94)(H,81,100)(H,82,101)(H,83,95)(H,84,106)(H,85,96)(H,86,102)(H,87,98)(H,88,99)(H,89,103)(H,90,105)(H,91,104)(H4,73,74,77)(H4,75,76,78)/t38-,39-,45-,47-,48-,49-,50-,51-,52-,53-/m0/s1. The minimum absolute atomic E-state index is 0.0215. The van der Waals surface area contributed by atoms with Crippen molar-refractivity contribution in [1.82, 2.24) is 68.8 Å². The number of amides is 13. The number of unbranched alkanes of at least 4 members (excludes halogenated alkanes) is 2. The van der Waals surface area contributed by atoms with Crippen molar-refractivity contribution in [3.8, 4) is 5.75 Å². The van der Waals surface area contributed by atoms with Gasteiger partial charge in [0.1, 0.15) is 60.1 Å². The van der Waals surface area contributed by atoms with E-state index in [1.807, 2.05) is 0 Å². The van der Waals surface area contributed by atoms with Crippen molar-refractivity contribution in [2.24, 2.45) is 55.9 Å². The maximum absolute atomic E-state index is 14.4. The van der Waals surface area contributed by atoms with Gasteiger partial charge in [-0.05, 0) is 132 Å². The molecule has 0 spiro atoms. The first-order chi connectivity index (χ1) is 50.5. The molecule has 106 heavy (non-hydrogen) atoms. The van der Waals surface area contributed by atoms with Gasteiger partial charge in [0.2, 0.25) is 76.8 Å². The van der Waals surface area contributed by atoms with Crippen molar-refractivity contribution in [3.05, 3.63) is 102 Å². The number of aromatic hydroxyl groups is 1. The van der Waals surface area contributed by atoms with E-state index < -0.39 is 163 Å². The summed E-state index contributed by atoms with van der Waals surface area (Å²) in [7, 11) is 0. The minimum Gasteiger partial charge on any atom is -0.508 e. The number of benzene rings is 3. The number of carbonyl (C=O) groups is 13. The first kappa shape index (κ1) is 86.9. The van der Waals surface area contributed by atoms with Gasteiger partial charge in [-0.15, -0.1) is 0 Å². The Labute approximate surface area is 612 Å². The van der Waals surface area contributed by atoms with Crippen molar-refractivity contribution in [1.29, 1.82) is 0 Å². The molecule has 38 nitrogen and oxygen atoms in total. The largest absolute Gasteiger partial charge is 0.508 e. The number of aliphatic hydroxyl groups is 1. The maximum Gasteiger partial charge on any atom is 0.245 e. The van der Waals surface area contributed by atoms with Crippen LogP contribution in [0.2, 0.25) is 0 Å². The van der Waals surface area contributed by atoms with Crippen molar-refractivity contribution >= 4 is 99.6 Å². The molecule has 3 aromatic carbocycles. The summed E-state index contributed by atoms with van der Waals surface area (Å²) in [5.74, 6) is -11.7. The Kier molecular flexibility index (Phi) is 37.9. The second kappa shape index (κ2) is 46.3. The summed E-state index contributed by atoms with van der Waals surface area (Å²) in [4.78, 5) is 187. The van der Waals surface area contributed by atoms with E-state index in [2.05, 4.69) is 78.8 Å². The molecule has 4 rings (SSSR count). The van der Waals surface area contributed by atoms with Crippen LogP contribution in [-0.2, 0) is 81.6 Å². The van der Waals surface area contributed by atoms with E-state index in [0.717, 1.165) is 0 Å². The van der Waals surface area contributed by atoms with Gasteiger partial charge in [0.05, 0.1) is 32.3 Å². The van der Waals surface area contributed by atoms with E-state index in [-0.39, 0.29) is 102 Å². The number of phenols is 1. The van der Waals surface area contributed by atoms with Crippen LogP contribution in [0.5, 0.6) is 5.75 Å². The van der Waals surface area contributed by atoms with Crippen molar-refractivity contribution in [2.75, 3.05) is 52.4 Å². The Bertz CT molecular complexity index is 3650. The number of nitrogens with two attached hydrogens (primary N) is 8. The minimum atomic E-state index is -1.73. The van der Waals surface area contributed by atoms with Gasteiger partial charge >= 0.3 is 0 Å². The first-order valence-corrected chi connectivity index (χ1v) is 34.6. The van der Waals surface area contributed by atoms with E-state index >= 15 is 0 Å². The van der Waals surface area contributed by atoms with Gasteiger partial charge < -0.3 is 125 Å². The SMILES string of the molecule is C[C@H](NC(=O)CNC(=O)[C@H](Cc1c[nH]c2ccccc12)NC(=O)[C@H](Cc1ccccc1)NC(=O)CNC(=O)CNC(=O)[C@@H](N)Cc1ccc(O)cc1)C(=O)N[C@@H](CCCN=C(N)N)C(=O)N[C@@H](CCCCN)C(=O)N[C@@H](CO)C(=O)N[C@@H](C)C(=O)N[C@@H](CCCN=C(N)N)C(=O)N[C@@H](CCCCN)C(N)=O. The van der Waals surface area contributed by atoms with Gasteiger partial charge in [-0.25, -0.2) is 0 Å². The van der Waals surface area contributed by atoms with Crippen molar-refractivity contribution < 1.29 is 72.5 Å². The summed E-state index contributed by atoms with van der Waals surface area (Å²) in [6, 6.07) is 8.10. The molecule has 38 heteroatoms. The van der Waals surface area contributed by atoms with Gasteiger partial charge in [0.25, 0.3) is 0 Å². The van der Waals surface area contributed by atoms with Gasteiger partial charge in [-0.3, -0.25) is 72.3 Å². The Balaban J connectivity index is 1.45. The number of rotatable bonds is 48. The van der Waals surface area contributed by atoms with E-state index in [1.165, 1.54) is 26.0 Å². The Hall–Kier alpha value is -11.5. The zero-order chi connectivity index (χ0) is 78.3. The molecule has 0 bridgehead atoms. The lowest BCUT2D eigenvalue weighted by molar-refractivity contribution is -0.136. The second-order valence-corrected chi connectivity index (χ2v) is 25.0. The number of H-pyrrole nitrogens is 1. The topological polar surface area (TPSA) is 655 Å². The number of nitrogens with one attached hydrogen (secondary N) is 13. The number of phenolic OH excluding ortho intramolecular Hbond substituents is 1. The van der Waals surface area contributed by atoms with Gasteiger partial charge in [-0.2, -0.15) is 0 Å². The fourth-order valence-electron chi connectivity index (χ4n) is 10.5. The van der Waals surface area contributed by atoms with E-state index in [1.54, 1.807) is 72.9 Å². The number of hydrogen-bond donors (Lipinski definition) is 23. The maximum atomic E-state index is 14.4. The van der Waals surface area contributed by atoms with Crippen molar-refractivity contribution in [3.63, 3.8) is 0 Å². The van der Waals surface area contributed by atoms with Crippen LogP contribution in [0.4, 0.5) is 0 Å². The highest BCUT2D eigenvalue weighted by molar-refractivity contribution is 5.99. The van der Waals surface area contributed by atoms with Crippen LogP contribution < -0.4 is 110 Å². The molecular weight excluding hydrogens is 1380 g/mol. The lowest BCUT2D eigenvalue weighted by Crippen LogP contribution is -2.60. The summed E-state index contributed by atoms with van der Waals surface area (Å²) in [5.41, 5.74) is 47.4. The molecule has 0 aliphatic heterocycles. The van der Waals surface area contributed by atoms with Gasteiger partial charge in [0.15, 0.2) is 11.9 Å². The Morgan fingerprint density at radius 3 is 1.42 bits per heavy atom. The Morgan fingerprint density at radius 2 is 0.858 bits per heavy atom. The number of hydrogen-bond acceptors (Lipinski definition) is 20. The average molecular weight is 1480 g/mol. The summed E-state index contributed by atoms with van der Waals surface area (Å²) < 4.78 is 0. The molecule has 13 amide bonds. The van der Waals surface area contributed by atoms with Crippen LogP contribution in [0.3, 0.4) is 0 Å². The third kappa shape index (κ3) is 32.0. The smallest absolute Gasteiger partial charge is 0.245 e. The quantitative estimate of drug-likeness (QED) is 0.0111. The molecule has 580 valence electrons. The molecule has 31 N–H and O–H groups in total. The highest BCUT2D eigenvalue weighted by Crippen LogP contribution is 2.20. The molecule has 0 saturated heterocycles. The molecule has 0 aliphatic rings. The third-order valence-corrected chi connectivity index (χ3v) is 16.4. The number of aliphatic hydroxyl groups excluding tert-OH is 1. The highest BCUT2D eigenvalue weighted by atomic mass is 16.3. The van der Waals surface area contributed by atoms with Crippen LogP contribution in [0.25, 0.3) is 10.9 Å². The van der Waals surface area contributed by atoms with Crippen LogP contribution in [0.15, 0.2) is 95.0 Å². The normalized spacial score (nSPS) is 13.8. The predicted molar refractivity (Wildman–Crippen MR) is 392 cm³/mol. The lowest BCUT2D eigenvalue weighted by Gasteiger charge is -2.26. The predicted octanol–water partition coefficient (Wildman–Crippen LogP) is -7.18. The molecule has 0 unspecified atom stereocenters. The number of primary amides is 1. The number of guanidine groups is 2. The molecule has 0 radical (unpaired) electrons. The van der Waals surface area contributed by atoms with Gasteiger partial charge in [-0.1, -0.05) is 60.7 Å². The van der Waals surface area contributed by atoms with E-state index in [0.29, 0.717) is 53.4 Å². The van der Waals surface area contributed by atoms with Crippen LogP contribution in [0, 0.1) is 0 Å². The third-order valence-electron chi connectivity index (χ3n) is 16.4. The number of fused-ring (bicyclic) bond motifs is 1. The number of aromatic nitrogens is 1. The zero-order valence-electron chi connectivity index (χ0n) is 59.4. The molecule has 1 aromatic heterocycles. The fourth-order valence-corrected chi connectivity index (χ4v) is 10.5. The van der Waals surface area contributed by atoms with Crippen LogP contribution in [0.1, 0.15) is 94.7 Å². The molecule has 0 saturated carbocycles. The Morgan fingerprint density at radius 1 is 0.425 bits per heavy atom. The molecule has 0 fully saturated rings. The highest BCUT2D eigenvalue weighted by Gasteiger charge is 2.34. The zero-order valence-corrected chi connectivity index (χ0v) is 59.4. The van der Waals surface area contributed by atoms with Gasteiger partial charge in [0, 0.05) is 43.0 Å². The number of para-hydroxylation sites is 1. The molecule has 0 aliphatic carbocycles. The molecule has 10 atom stereocenters. The molecule has 4 aromatic rings. The van der Waals surface area contributed by atoms with Crippen LogP contribution in [-0.4, -0.2) is 217 Å². The van der Waals surface area contributed by atoms with Crippen molar-refractivity contribution in [2.45, 2.75) is 158 Å². The fraction of sp³-hybridized carbons (Fsp3) is 0.485. The van der Waals surface area contributed by atoms with E-state index in [9.17, 15) is 72.5 Å². The lowest BCUT2D eigenvalue weighted by atomic mass is 10.0. The number of aliphatic imine (C=N–C) groups is 2.